The maximum absolute atomic E-state index is 5.81. The summed E-state index contributed by atoms with van der Waals surface area (Å²) in [6.07, 6.45) is 9.15. The zero-order valence-corrected chi connectivity index (χ0v) is 14.6. The van der Waals surface area contributed by atoms with Crippen LogP contribution in [0.3, 0.4) is 0 Å². The first-order valence-corrected chi connectivity index (χ1v) is 8.66. The first-order chi connectivity index (χ1) is 12.3. The number of aryl methyl sites for hydroxylation is 1. The monoisotopic (exact) mass is 339 g/mol. The van der Waals surface area contributed by atoms with Crippen LogP contribution >= 0.6 is 0 Å². The molecule has 0 aliphatic heterocycles. The number of nitrogen functional groups attached to an aromatic ring is 1. The van der Waals surface area contributed by atoms with Gasteiger partial charge in [-0.2, -0.15) is 0 Å². The van der Waals surface area contributed by atoms with Gasteiger partial charge in [-0.1, -0.05) is 0 Å². The third kappa shape index (κ3) is 4.38. The molecule has 3 aromatic rings. The molecule has 2 heterocycles. The summed E-state index contributed by atoms with van der Waals surface area (Å²) in [5.41, 5.74) is 10.1. The standard InChI is InChI=1S/C20H25N3O2/c1-24-12-13-25-11-3-2-4-16-15-23(18-7-5-17(21)6-8-18)20-14-22-10-9-19(16)20/h5-10,14-15H,2-4,11-13,21H2,1H3. The van der Waals surface area contributed by atoms with Crippen molar-refractivity contribution in [2.75, 3.05) is 32.7 Å². The third-order valence-corrected chi connectivity index (χ3v) is 4.28. The lowest BCUT2D eigenvalue weighted by Crippen LogP contribution is -2.03. The SMILES string of the molecule is COCCOCCCCc1cn(-c2ccc(N)cc2)c2cnccc12. The minimum absolute atomic E-state index is 0.655. The summed E-state index contributed by atoms with van der Waals surface area (Å²) in [6.45, 7) is 2.10. The number of unbranched alkanes of at least 4 members (excludes halogenated alkanes) is 1. The maximum Gasteiger partial charge on any atom is 0.0715 e. The number of benzene rings is 1. The minimum atomic E-state index is 0.655. The highest BCUT2D eigenvalue weighted by molar-refractivity contribution is 5.84. The molecule has 0 amide bonds. The van der Waals surface area contributed by atoms with Gasteiger partial charge in [-0.25, -0.2) is 0 Å². The normalized spacial score (nSPS) is 11.2. The molecule has 25 heavy (non-hydrogen) atoms. The number of nitrogens with zero attached hydrogens (tertiary/aromatic N) is 2. The lowest BCUT2D eigenvalue weighted by atomic mass is 10.1. The van der Waals surface area contributed by atoms with Crippen LogP contribution in [0.5, 0.6) is 0 Å². The molecule has 0 spiro atoms. The van der Waals surface area contributed by atoms with Crippen LogP contribution in [0.25, 0.3) is 16.6 Å². The first kappa shape index (κ1) is 17.5. The van der Waals surface area contributed by atoms with Crippen molar-refractivity contribution in [3.05, 3.63) is 54.5 Å². The largest absolute Gasteiger partial charge is 0.399 e. The molecule has 0 saturated heterocycles. The predicted molar refractivity (Wildman–Crippen MR) is 101 cm³/mol. The highest BCUT2D eigenvalue weighted by atomic mass is 16.5. The van der Waals surface area contributed by atoms with Gasteiger partial charge in [-0.05, 0) is 55.2 Å². The molecule has 0 atom stereocenters. The molecule has 0 bridgehead atoms. The van der Waals surface area contributed by atoms with E-state index in [2.05, 4.69) is 21.8 Å². The number of ether oxygens (including phenoxy) is 2. The Morgan fingerprint density at radius 2 is 1.88 bits per heavy atom. The Kier molecular flexibility index (Phi) is 6.04. The molecule has 3 rings (SSSR count). The summed E-state index contributed by atoms with van der Waals surface area (Å²) in [7, 11) is 1.69. The lowest BCUT2D eigenvalue weighted by molar-refractivity contribution is 0.0688. The molecule has 0 unspecified atom stereocenters. The van der Waals surface area contributed by atoms with Crippen LogP contribution in [0.2, 0.25) is 0 Å². The van der Waals surface area contributed by atoms with E-state index in [0.717, 1.165) is 42.8 Å². The van der Waals surface area contributed by atoms with Gasteiger partial charge < -0.3 is 19.8 Å². The van der Waals surface area contributed by atoms with Crippen LogP contribution in [0.4, 0.5) is 5.69 Å². The average Bonchev–Trinajstić information content (AvgIpc) is 3.01. The maximum atomic E-state index is 5.81. The Labute approximate surface area is 148 Å². The molecule has 2 N–H and O–H groups in total. The van der Waals surface area contributed by atoms with E-state index in [9.17, 15) is 0 Å². The Balaban J connectivity index is 1.70. The summed E-state index contributed by atoms with van der Waals surface area (Å²) < 4.78 is 12.7. The van der Waals surface area contributed by atoms with Gasteiger partial charge in [0.05, 0.1) is 24.9 Å². The summed E-state index contributed by atoms with van der Waals surface area (Å²) >= 11 is 0. The highest BCUT2D eigenvalue weighted by Gasteiger charge is 2.09. The molecule has 0 radical (unpaired) electrons. The van der Waals surface area contributed by atoms with E-state index >= 15 is 0 Å². The quantitative estimate of drug-likeness (QED) is 0.478. The van der Waals surface area contributed by atoms with Gasteiger partial charge in [0.1, 0.15) is 0 Å². The van der Waals surface area contributed by atoms with Gasteiger partial charge >= 0.3 is 0 Å². The van der Waals surface area contributed by atoms with Crippen molar-refractivity contribution >= 4 is 16.6 Å². The summed E-state index contributed by atoms with van der Waals surface area (Å²) in [5.74, 6) is 0. The van der Waals surface area contributed by atoms with E-state index in [1.807, 2.05) is 36.7 Å². The molecule has 0 saturated carbocycles. The number of fused-ring (bicyclic) bond motifs is 1. The van der Waals surface area contributed by atoms with E-state index < -0.39 is 0 Å². The fraction of sp³-hybridized carbons (Fsp3) is 0.350. The van der Waals surface area contributed by atoms with Crippen molar-refractivity contribution < 1.29 is 9.47 Å². The minimum Gasteiger partial charge on any atom is -0.399 e. The molecule has 0 aliphatic rings. The number of rotatable bonds is 9. The summed E-state index contributed by atoms with van der Waals surface area (Å²) in [6, 6.07) is 10.0. The van der Waals surface area contributed by atoms with Crippen LogP contribution in [0.15, 0.2) is 48.9 Å². The first-order valence-electron chi connectivity index (χ1n) is 8.66. The number of methoxy groups -OCH3 is 1. The van der Waals surface area contributed by atoms with E-state index in [0.29, 0.717) is 13.2 Å². The van der Waals surface area contributed by atoms with Crippen molar-refractivity contribution in [3.63, 3.8) is 0 Å². The van der Waals surface area contributed by atoms with Crippen LogP contribution in [-0.4, -0.2) is 36.5 Å². The van der Waals surface area contributed by atoms with Crippen molar-refractivity contribution in [2.24, 2.45) is 0 Å². The van der Waals surface area contributed by atoms with Crippen molar-refractivity contribution in [2.45, 2.75) is 19.3 Å². The number of aromatic nitrogens is 2. The zero-order valence-electron chi connectivity index (χ0n) is 14.6. The number of nitrogens with two attached hydrogens (primary N) is 1. The lowest BCUT2D eigenvalue weighted by Gasteiger charge is -2.05. The molecular formula is C20H25N3O2. The van der Waals surface area contributed by atoms with Crippen LogP contribution in [0, 0.1) is 0 Å². The molecule has 5 nitrogen and oxygen atoms in total. The van der Waals surface area contributed by atoms with Crippen molar-refractivity contribution in [1.29, 1.82) is 0 Å². The molecule has 5 heteroatoms. The number of hydrogen-bond donors (Lipinski definition) is 1. The Bertz CT molecular complexity index is 796. The Hall–Kier alpha value is -2.37. The van der Waals surface area contributed by atoms with Gasteiger partial charge in [-0.15, -0.1) is 0 Å². The Morgan fingerprint density at radius 3 is 2.68 bits per heavy atom. The van der Waals surface area contributed by atoms with Crippen LogP contribution < -0.4 is 5.73 Å². The molecular weight excluding hydrogens is 314 g/mol. The zero-order chi connectivity index (χ0) is 17.5. The second kappa shape index (κ2) is 8.65. The van der Waals surface area contributed by atoms with Gasteiger partial charge in [0.15, 0.2) is 0 Å². The average molecular weight is 339 g/mol. The van der Waals surface area contributed by atoms with E-state index in [4.69, 9.17) is 15.2 Å². The highest BCUT2D eigenvalue weighted by Crippen LogP contribution is 2.25. The van der Waals surface area contributed by atoms with E-state index in [1.54, 1.807) is 7.11 Å². The molecule has 132 valence electrons. The molecule has 2 aromatic heterocycles. The van der Waals surface area contributed by atoms with Gasteiger partial charge in [0.2, 0.25) is 0 Å². The fourth-order valence-electron chi connectivity index (χ4n) is 2.96. The second-order valence-corrected chi connectivity index (χ2v) is 6.07. The van der Waals surface area contributed by atoms with Crippen molar-refractivity contribution in [3.8, 4) is 5.69 Å². The number of hydrogen-bond acceptors (Lipinski definition) is 4. The van der Waals surface area contributed by atoms with Crippen LogP contribution in [-0.2, 0) is 15.9 Å². The van der Waals surface area contributed by atoms with Crippen molar-refractivity contribution in [1.82, 2.24) is 9.55 Å². The summed E-state index contributed by atoms with van der Waals surface area (Å²) in [5, 5.41) is 1.26. The fourth-order valence-corrected chi connectivity index (χ4v) is 2.96. The Morgan fingerprint density at radius 1 is 1.04 bits per heavy atom. The smallest absolute Gasteiger partial charge is 0.0715 e. The van der Waals surface area contributed by atoms with Gasteiger partial charge in [0, 0.05) is 42.9 Å². The third-order valence-electron chi connectivity index (χ3n) is 4.28. The number of pyridine rings is 1. The molecule has 0 aliphatic carbocycles. The van der Waals surface area contributed by atoms with E-state index in [-0.39, 0.29) is 0 Å². The van der Waals surface area contributed by atoms with Crippen LogP contribution in [0.1, 0.15) is 18.4 Å². The number of anilines is 1. The molecule has 0 fully saturated rings. The van der Waals surface area contributed by atoms with Gasteiger partial charge in [0.25, 0.3) is 0 Å². The predicted octanol–water partition coefficient (Wildman–Crippen LogP) is 3.59. The van der Waals surface area contributed by atoms with E-state index in [1.165, 1.54) is 10.9 Å². The van der Waals surface area contributed by atoms with Gasteiger partial charge in [-0.3, -0.25) is 4.98 Å². The molecule has 1 aromatic carbocycles. The second-order valence-electron chi connectivity index (χ2n) is 6.07. The topological polar surface area (TPSA) is 62.3 Å². The summed E-state index contributed by atoms with van der Waals surface area (Å²) in [4.78, 5) is 4.29.